The van der Waals surface area contributed by atoms with Crippen molar-refractivity contribution in [2.75, 3.05) is 24.5 Å². The summed E-state index contributed by atoms with van der Waals surface area (Å²) in [6, 6.07) is 20.8. The Kier molecular flexibility index (Phi) is 11.5. The van der Waals surface area contributed by atoms with Gasteiger partial charge in [0.1, 0.15) is 34.7 Å². The summed E-state index contributed by atoms with van der Waals surface area (Å²) in [7, 11) is 0. The molecule has 2 amide bonds. The van der Waals surface area contributed by atoms with Gasteiger partial charge in [-0.3, -0.25) is 9.59 Å². The lowest BCUT2D eigenvalue weighted by Crippen LogP contribution is -2.47. The first-order valence-corrected chi connectivity index (χ1v) is 22.3. The maximum Gasteiger partial charge on any atom is 0.243 e. The number of hydrogen-bond donors (Lipinski definition) is 2. The van der Waals surface area contributed by atoms with E-state index in [0.717, 1.165) is 71.6 Å². The van der Waals surface area contributed by atoms with Crippen molar-refractivity contribution >= 4 is 40.1 Å². The van der Waals surface area contributed by atoms with Gasteiger partial charge in [0.15, 0.2) is 0 Å². The normalized spacial score (nSPS) is 16.4. The Bertz CT molecular complexity index is 2700. The molecule has 0 radical (unpaired) electrons. The van der Waals surface area contributed by atoms with Crippen LogP contribution in [0.3, 0.4) is 0 Å². The summed E-state index contributed by atoms with van der Waals surface area (Å²) >= 11 is 1.61. The number of nitrogens with zero attached hydrogens (tertiary/aromatic N) is 9. The van der Waals surface area contributed by atoms with Crippen molar-refractivity contribution in [2.45, 2.75) is 84.3 Å². The SMILES string of the molecule is CCn1c(C2CCN(c3ncc(-c4cc(C(C(=O)N5CCCC5C(=O)NCc5ccc(-c6scnc6C)cc5)C(C)C)on4)cn3)CC2)cc2nnc(-c3ccccc3O)cc21. The number of aromatic nitrogens is 7. The number of benzene rings is 2. The van der Waals surface area contributed by atoms with Crippen LogP contribution < -0.4 is 10.2 Å². The van der Waals surface area contributed by atoms with Crippen LogP contribution in [-0.2, 0) is 22.7 Å². The number of piperidine rings is 1. The molecule has 2 saturated heterocycles. The van der Waals surface area contributed by atoms with Crippen LogP contribution in [0.4, 0.5) is 5.95 Å². The maximum absolute atomic E-state index is 14.2. The third-order valence-electron chi connectivity index (χ3n) is 12.3. The molecule has 2 aliphatic heterocycles. The summed E-state index contributed by atoms with van der Waals surface area (Å²) in [5.74, 6) is 0.646. The number of hydrogen-bond acceptors (Lipinski definition) is 12. The van der Waals surface area contributed by atoms with Gasteiger partial charge in [-0.2, -0.15) is 0 Å². The number of phenols is 1. The van der Waals surface area contributed by atoms with Crippen LogP contribution in [0.1, 0.15) is 81.0 Å². The van der Waals surface area contributed by atoms with Crippen molar-refractivity contribution in [1.82, 2.24) is 45.1 Å². The van der Waals surface area contributed by atoms with E-state index in [1.807, 2.05) is 56.6 Å². The average molecular weight is 851 g/mol. The van der Waals surface area contributed by atoms with Crippen molar-refractivity contribution in [3.63, 3.8) is 0 Å². The van der Waals surface area contributed by atoms with E-state index >= 15 is 0 Å². The minimum atomic E-state index is -0.605. The molecular formula is C47H50N10O4S. The first kappa shape index (κ1) is 40.9. The summed E-state index contributed by atoms with van der Waals surface area (Å²) in [5, 5.41) is 26.8. The summed E-state index contributed by atoms with van der Waals surface area (Å²) in [6.07, 6.45) is 6.73. The summed E-state index contributed by atoms with van der Waals surface area (Å²) < 4.78 is 8.17. The van der Waals surface area contributed by atoms with Gasteiger partial charge >= 0.3 is 0 Å². The summed E-state index contributed by atoms with van der Waals surface area (Å²) in [6.45, 7) is 11.4. The highest BCUT2D eigenvalue weighted by molar-refractivity contribution is 7.13. The maximum atomic E-state index is 14.2. The second-order valence-corrected chi connectivity index (χ2v) is 17.4. The number of aryl methyl sites for hydroxylation is 2. The third-order valence-corrected chi connectivity index (χ3v) is 13.3. The predicted molar refractivity (Wildman–Crippen MR) is 238 cm³/mol. The lowest BCUT2D eigenvalue weighted by molar-refractivity contribution is -0.140. The fourth-order valence-corrected chi connectivity index (χ4v) is 9.83. The molecular weight excluding hydrogens is 801 g/mol. The van der Waals surface area contributed by atoms with E-state index in [1.54, 1.807) is 46.8 Å². The van der Waals surface area contributed by atoms with Crippen molar-refractivity contribution in [3.05, 3.63) is 107 Å². The Morgan fingerprint density at radius 3 is 2.40 bits per heavy atom. The van der Waals surface area contributed by atoms with Gasteiger partial charge < -0.3 is 29.3 Å². The number of nitrogens with one attached hydrogen (secondary N) is 1. The van der Waals surface area contributed by atoms with Crippen molar-refractivity contribution < 1.29 is 19.2 Å². The minimum absolute atomic E-state index is 0.0948. The Morgan fingerprint density at radius 1 is 0.919 bits per heavy atom. The Balaban J connectivity index is 0.821. The molecule has 9 rings (SSSR count). The first-order valence-electron chi connectivity index (χ1n) is 21.4. The molecule has 5 aromatic heterocycles. The fourth-order valence-electron chi connectivity index (χ4n) is 9.02. The predicted octanol–water partition coefficient (Wildman–Crippen LogP) is 8.13. The lowest BCUT2D eigenvalue weighted by atomic mass is 9.91. The molecule has 7 aromatic rings. The number of thiazole rings is 1. The zero-order chi connectivity index (χ0) is 42.9. The molecule has 7 heterocycles. The number of fused-ring (bicyclic) bond motifs is 1. The van der Waals surface area contributed by atoms with Gasteiger partial charge in [0.05, 0.1) is 27.3 Å². The highest BCUT2D eigenvalue weighted by Crippen LogP contribution is 2.36. The number of phenolic OH excluding ortho intramolecular Hbond substituents is 1. The Hall–Kier alpha value is -6.48. The number of aromatic hydroxyl groups is 1. The average Bonchev–Trinajstić information content (AvgIpc) is 4.13. The number of carbonyl (C=O) groups is 2. The van der Waals surface area contributed by atoms with Crippen LogP contribution in [-0.4, -0.2) is 82.4 Å². The standard InChI is InChI=1S/C47H50N10O4S/c1-5-56-39(22-37-40(56)21-36(52-53-37)34-9-6-7-11-41(34)58)31-16-19-55(20-17-31)47-49-25-33(26-50-47)35-23-42(61-54-35)43(28(2)3)46(60)57-18-8-10-38(57)45(59)48-24-30-12-14-32(15-13-30)44-29(4)51-27-62-44/h6-7,9,11-15,21-23,25-28,31,38,43,58H,5,8,10,16-20,24H2,1-4H3,(H,48,59). The smallest absolute Gasteiger partial charge is 0.243 e. The number of amides is 2. The molecule has 0 bridgehead atoms. The van der Waals surface area contributed by atoms with Crippen LogP contribution in [0.2, 0.25) is 0 Å². The van der Waals surface area contributed by atoms with Crippen LogP contribution in [0.25, 0.3) is 44.0 Å². The molecule has 0 saturated carbocycles. The van der Waals surface area contributed by atoms with Gasteiger partial charge in [-0.1, -0.05) is 55.4 Å². The van der Waals surface area contributed by atoms with Gasteiger partial charge in [-0.25, -0.2) is 15.0 Å². The minimum Gasteiger partial charge on any atom is -0.507 e. The molecule has 62 heavy (non-hydrogen) atoms. The number of para-hydroxylation sites is 1. The highest BCUT2D eigenvalue weighted by Gasteiger charge is 2.40. The van der Waals surface area contributed by atoms with E-state index in [9.17, 15) is 14.7 Å². The van der Waals surface area contributed by atoms with Crippen molar-refractivity contribution in [2.24, 2.45) is 5.92 Å². The zero-order valence-corrected chi connectivity index (χ0v) is 36.2. The van der Waals surface area contributed by atoms with Gasteiger partial charge in [0.2, 0.25) is 17.8 Å². The molecule has 2 atom stereocenters. The molecule has 2 N–H and O–H groups in total. The number of anilines is 1. The van der Waals surface area contributed by atoms with Crippen LogP contribution in [0, 0.1) is 12.8 Å². The molecule has 14 nitrogen and oxygen atoms in total. The Morgan fingerprint density at radius 2 is 1.69 bits per heavy atom. The van der Waals surface area contributed by atoms with Gasteiger partial charge in [0, 0.05) is 73.9 Å². The fraction of sp³-hybridized carbons (Fsp3) is 0.362. The number of carbonyl (C=O) groups excluding carboxylic acids is 2. The van der Waals surface area contributed by atoms with Crippen LogP contribution in [0.5, 0.6) is 5.75 Å². The molecule has 2 aliphatic rings. The molecule has 2 fully saturated rings. The van der Waals surface area contributed by atoms with Crippen LogP contribution >= 0.6 is 11.3 Å². The summed E-state index contributed by atoms with van der Waals surface area (Å²) in [5.41, 5.74) is 10.6. The first-order chi connectivity index (χ1) is 30.2. The van der Waals surface area contributed by atoms with E-state index in [1.165, 1.54) is 5.69 Å². The topological polar surface area (TPSA) is 168 Å². The summed E-state index contributed by atoms with van der Waals surface area (Å²) in [4.78, 5) is 46.6. The lowest BCUT2D eigenvalue weighted by Gasteiger charge is -2.32. The van der Waals surface area contributed by atoms with Gasteiger partial charge in [-0.05, 0) is 80.8 Å². The molecule has 2 aromatic carbocycles. The second kappa shape index (κ2) is 17.5. The quantitative estimate of drug-likeness (QED) is 0.122. The Labute approximate surface area is 364 Å². The third kappa shape index (κ3) is 8.04. The molecule has 0 spiro atoms. The number of rotatable bonds is 12. The molecule has 2 unspecified atom stereocenters. The van der Waals surface area contributed by atoms with Crippen molar-refractivity contribution in [1.29, 1.82) is 0 Å². The highest BCUT2D eigenvalue weighted by atomic mass is 32.1. The molecule has 0 aliphatic carbocycles. The monoisotopic (exact) mass is 850 g/mol. The van der Waals surface area contributed by atoms with Crippen LogP contribution in [0.15, 0.2) is 89.2 Å². The second-order valence-electron chi connectivity index (χ2n) is 16.6. The van der Waals surface area contributed by atoms with E-state index in [2.05, 4.69) is 60.2 Å². The van der Waals surface area contributed by atoms with E-state index in [-0.39, 0.29) is 23.5 Å². The zero-order valence-electron chi connectivity index (χ0n) is 35.4. The van der Waals surface area contributed by atoms with E-state index < -0.39 is 12.0 Å². The van der Waals surface area contributed by atoms with E-state index in [0.29, 0.717) is 59.7 Å². The number of likely N-dealkylation sites (tertiary alicyclic amines) is 1. The van der Waals surface area contributed by atoms with Gasteiger partial charge in [-0.15, -0.1) is 21.5 Å². The molecule has 15 heteroatoms. The van der Waals surface area contributed by atoms with E-state index in [4.69, 9.17) is 14.5 Å². The van der Waals surface area contributed by atoms with Gasteiger partial charge in [0.25, 0.3) is 0 Å². The van der Waals surface area contributed by atoms with Crippen molar-refractivity contribution in [3.8, 4) is 38.7 Å². The largest absolute Gasteiger partial charge is 0.507 e. The molecule has 318 valence electrons.